The van der Waals surface area contributed by atoms with E-state index < -0.39 is 6.10 Å². The number of aliphatic hydroxyl groups excluding tert-OH is 1. The van der Waals surface area contributed by atoms with Gasteiger partial charge in [-0.15, -0.1) is 0 Å². The lowest BCUT2D eigenvalue weighted by molar-refractivity contribution is -0.141. The van der Waals surface area contributed by atoms with Crippen LogP contribution >= 0.6 is 0 Å². The van der Waals surface area contributed by atoms with Gasteiger partial charge >= 0.3 is 0 Å². The first-order valence-corrected chi connectivity index (χ1v) is 8.80. The molecular formula is C18H25N3O3. The molecule has 2 N–H and O–H groups in total. The zero-order valence-electron chi connectivity index (χ0n) is 13.9. The molecule has 6 heteroatoms. The van der Waals surface area contributed by atoms with Crippen LogP contribution in [-0.4, -0.2) is 46.4 Å². The van der Waals surface area contributed by atoms with Crippen molar-refractivity contribution >= 4 is 11.8 Å². The highest BCUT2D eigenvalue weighted by atomic mass is 16.3. The summed E-state index contributed by atoms with van der Waals surface area (Å²) >= 11 is 0. The van der Waals surface area contributed by atoms with Crippen molar-refractivity contribution < 1.29 is 14.7 Å². The van der Waals surface area contributed by atoms with E-state index in [2.05, 4.69) is 10.3 Å². The Bertz CT molecular complexity index is 566. The fourth-order valence-corrected chi connectivity index (χ4v) is 3.29. The number of amides is 2. The number of hydrogen-bond acceptors (Lipinski definition) is 4. The average Bonchev–Trinajstić information content (AvgIpc) is 2.58. The molecule has 1 aromatic heterocycles. The number of nitrogens with zero attached hydrogens (tertiary/aromatic N) is 2. The quantitative estimate of drug-likeness (QED) is 0.851. The predicted octanol–water partition coefficient (Wildman–Crippen LogP) is 1.27. The van der Waals surface area contributed by atoms with Crippen LogP contribution in [0.5, 0.6) is 0 Å². The van der Waals surface area contributed by atoms with E-state index in [4.69, 9.17) is 0 Å². The lowest BCUT2D eigenvalue weighted by atomic mass is 9.83. The van der Waals surface area contributed by atoms with Gasteiger partial charge in [0.2, 0.25) is 11.8 Å². The molecule has 0 spiro atoms. The van der Waals surface area contributed by atoms with Crippen molar-refractivity contribution in [2.45, 2.75) is 38.2 Å². The number of pyridine rings is 1. The Kier molecular flexibility index (Phi) is 5.45. The number of carbonyl (C=O) groups is 2. The van der Waals surface area contributed by atoms with E-state index in [0.717, 1.165) is 19.3 Å². The van der Waals surface area contributed by atoms with Gasteiger partial charge in [0.15, 0.2) is 0 Å². The number of nitrogens with one attached hydrogen (secondary N) is 1. The van der Waals surface area contributed by atoms with Crippen LogP contribution in [0.2, 0.25) is 0 Å². The fourth-order valence-electron chi connectivity index (χ4n) is 3.29. The summed E-state index contributed by atoms with van der Waals surface area (Å²) in [7, 11) is 0. The third-order valence-electron chi connectivity index (χ3n) is 5.13. The van der Waals surface area contributed by atoms with E-state index in [1.54, 1.807) is 18.3 Å². The van der Waals surface area contributed by atoms with E-state index in [1.165, 1.54) is 0 Å². The highest BCUT2D eigenvalue weighted by molar-refractivity contribution is 5.81. The first-order valence-electron chi connectivity index (χ1n) is 8.80. The summed E-state index contributed by atoms with van der Waals surface area (Å²) in [6.07, 6.45) is 5.42. The zero-order valence-corrected chi connectivity index (χ0v) is 13.9. The molecule has 1 aliphatic carbocycles. The maximum atomic E-state index is 12.3. The Morgan fingerprint density at radius 3 is 2.54 bits per heavy atom. The van der Waals surface area contributed by atoms with Crippen molar-refractivity contribution in [1.29, 1.82) is 0 Å². The molecule has 0 unspecified atom stereocenters. The minimum atomic E-state index is -0.796. The summed E-state index contributed by atoms with van der Waals surface area (Å²) in [6, 6.07) is 5.33. The Morgan fingerprint density at radius 1 is 1.21 bits per heavy atom. The van der Waals surface area contributed by atoms with E-state index in [9.17, 15) is 14.7 Å². The summed E-state index contributed by atoms with van der Waals surface area (Å²) < 4.78 is 0. The fraction of sp³-hybridized carbons (Fsp3) is 0.611. The monoisotopic (exact) mass is 331 g/mol. The van der Waals surface area contributed by atoms with Crippen LogP contribution in [0.1, 0.15) is 43.9 Å². The van der Waals surface area contributed by atoms with Crippen LogP contribution < -0.4 is 5.32 Å². The van der Waals surface area contributed by atoms with E-state index in [-0.39, 0.29) is 30.2 Å². The second kappa shape index (κ2) is 7.75. The summed E-state index contributed by atoms with van der Waals surface area (Å²) in [5, 5.41) is 12.9. The number of aliphatic hydroxyl groups is 1. The first kappa shape index (κ1) is 16.9. The second-order valence-corrected chi connectivity index (χ2v) is 6.74. The molecular weight excluding hydrogens is 306 g/mol. The molecule has 24 heavy (non-hydrogen) atoms. The van der Waals surface area contributed by atoms with Gasteiger partial charge in [0.25, 0.3) is 0 Å². The van der Waals surface area contributed by atoms with Crippen LogP contribution in [0, 0.1) is 11.8 Å². The van der Waals surface area contributed by atoms with Gasteiger partial charge in [-0.05, 0) is 37.8 Å². The van der Waals surface area contributed by atoms with Crippen molar-refractivity contribution in [2.75, 3.05) is 19.6 Å². The Hall–Kier alpha value is -1.95. The SMILES string of the molecule is O=C(NC[C@@H](O)c1ccccn1)C1CCN(C(=O)C2CCC2)CC1. The summed E-state index contributed by atoms with van der Waals surface area (Å²) in [5.41, 5.74) is 0.554. The van der Waals surface area contributed by atoms with Gasteiger partial charge in [0, 0.05) is 37.7 Å². The number of aromatic nitrogens is 1. The number of piperidine rings is 1. The maximum absolute atomic E-state index is 12.3. The van der Waals surface area contributed by atoms with Gasteiger partial charge < -0.3 is 15.3 Å². The van der Waals surface area contributed by atoms with Crippen molar-refractivity contribution in [3.05, 3.63) is 30.1 Å². The van der Waals surface area contributed by atoms with Crippen molar-refractivity contribution in [2.24, 2.45) is 11.8 Å². The molecule has 2 fully saturated rings. The molecule has 130 valence electrons. The van der Waals surface area contributed by atoms with Crippen LogP contribution in [0.25, 0.3) is 0 Å². The van der Waals surface area contributed by atoms with Crippen LogP contribution in [0.4, 0.5) is 0 Å². The molecule has 1 atom stereocenters. The minimum Gasteiger partial charge on any atom is -0.385 e. The molecule has 0 bridgehead atoms. The third kappa shape index (κ3) is 3.93. The Balaban J connectivity index is 1.41. The van der Waals surface area contributed by atoms with Crippen molar-refractivity contribution in [1.82, 2.24) is 15.2 Å². The number of hydrogen-bond donors (Lipinski definition) is 2. The summed E-state index contributed by atoms with van der Waals surface area (Å²) in [5.74, 6) is 0.377. The molecule has 1 saturated carbocycles. The van der Waals surface area contributed by atoms with Crippen LogP contribution in [0.3, 0.4) is 0 Å². The van der Waals surface area contributed by atoms with E-state index in [0.29, 0.717) is 31.6 Å². The molecule has 6 nitrogen and oxygen atoms in total. The topological polar surface area (TPSA) is 82.5 Å². The van der Waals surface area contributed by atoms with Crippen LogP contribution in [-0.2, 0) is 9.59 Å². The van der Waals surface area contributed by atoms with E-state index >= 15 is 0 Å². The first-order chi connectivity index (χ1) is 11.6. The van der Waals surface area contributed by atoms with Gasteiger partial charge in [-0.3, -0.25) is 14.6 Å². The van der Waals surface area contributed by atoms with E-state index in [1.807, 2.05) is 11.0 Å². The van der Waals surface area contributed by atoms with Gasteiger partial charge in [0.05, 0.1) is 5.69 Å². The molecule has 1 aliphatic heterocycles. The molecule has 3 rings (SSSR count). The van der Waals surface area contributed by atoms with Gasteiger partial charge in [-0.2, -0.15) is 0 Å². The Labute approximate surface area is 142 Å². The summed E-state index contributed by atoms with van der Waals surface area (Å²) in [4.78, 5) is 30.5. The Morgan fingerprint density at radius 2 is 1.96 bits per heavy atom. The number of rotatable bonds is 5. The molecule has 2 amide bonds. The average molecular weight is 331 g/mol. The summed E-state index contributed by atoms with van der Waals surface area (Å²) in [6.45, 7) is 1.49. The highest BCUT2D eigenvalue weighted by Crippen LogP contribution is 2.30. The van der Waals surface area contributed by atoms with Gasteiger partial charge in [-0.1, -0.05) is 12.5 Å². The molecule has 1 aromatic rings. The maximum Gasteiger partial charge on any atom is 0.225 e. The standard InChI is InChI=1S/C18H25N3O3/c22-16(15-6-1-2-9-19-15)12-20-17(23)13-7-10-21(11-8-13)18(24)14-4-3-5-14/h1-2,6,9,13-14,16,22H,3-5,7-8,10-12H2,(H,20,23)/t16-/m1/s1. The van der Waals surface area contributed by atoms with Crippen LogP contribution in [0.15, 0.2) is 24.4 Å². The smallest absolute Gasteiger partial charge is 0.225 e. The molecule has 2 aliphatic rings. The zero-order chi connectivity index (χ0) is 16.9. The normalized spacial score (nSPS) is 20.3. The minimum absolute atomic E-state index is 0.0410. The van der Waals surface area contributed by atoms with Crippen molar-refractivity contribution in [3.8, 4) is 0 Å². The second-order valence-electron chi connectivity index (χ2n) is 6.74. The number of likely N-dealkylation sites (tertiary alicyclic amines) is 1. The largest absolute Gasteiger partial charge is 0.385 e. The number of carbonyl (C=O) groups excluding carboxylic acids is 2. The molecule has 0 radical (unpaired) electrons. The van der Waals surface area contributed by atoms with Gasteiger partial charge in [-0.25, -0.2) is 0 Å². The molecule has 1 saturated heterocycles. The molecule has 0 aromatic carbocycles. The molecule has 2 heterocycles. The highest BCUT2D eigenvalue weighted by Gasteiger charge is 2.33. The third-order valence-corrected chi connectivity index (χ3v) is 5.13. The van der Waals surface area contributed by atoms with Gasteiger partial charge in [0.1, 0.15) is 6.10 Å². The predicted molar refractivity (Wildman–Crippen MR) is 88.9 cm³/mol. The lowest BCUT2D eigenvalue weighted by Crippen LogP contribution is -2.46. The lowest BCUT2D eigenvalue weighted by Gasteiger charge is -2.36. The van der Waals surface area contributed by atoms with Crippen molar-refractivity contribution in [3.63, 3.8) is 0 Å².